The van der Waals surface area contributed by atoms with Crippen molar-refractivity contribution in [3.05, 3.63) is 46.6 Å². The largest absolute Gasteiger partial charge is 0.506 e. The van der Waals surface area contributed by atoms with E-state index in [1.165, 1.54) is 11.3 Å². The topological polar surface area (TPSA) is 58.6 Å². The Morgan fingerprint density at radius 2 is 2.05 bits per heavy atom. The minimum atomic E-state index is -0.0984. The SMILES string of the molecule is CCNCCOc1ccc(O)c2sc3ccccc3c(=O)c12. The fourth-order valence-electron chi connectivity index (χ4n) is 2.39. The standard InChI is InChI=1S/C17H17NO3S/c1-2-18-9-10-21-13-8-7-12(19)17-15(13)16(20)11-5-3-4-6-14(11)22-17/h3-8,18-19H,2,9-10H2,1H3. The van der Waals surface area contributed by atoms with Gasteiger partial charge in [0.15, 0.2) is 5.43 Å². The summed E-state index contributed by atoms with van der Waals surface area (Å²) in [5, 5.41) is 14.4. The molecule has 0 fully saturated rings. The first kappa shape index (κ1) is 14.8. The molecule has 3 rings (SSSR count). The Morgan fingerprint density at radius 3 is 2.86 bits per heavy atom. The molecule has 0 aliphatic carbocycles. The molecule has 5 heteroatoms. The van der Waals surface area contributed by atoms with Crippen LogP contribution < -0.4 is 15.5 Å². The van der Waals surface area contributed by atoms with Crippen molar-refractivity contribution in [2.75, 3.05) is 19.7 Å². The van der Waals surface area contributed by atoms with Crippen molar-refractivity contribution in [3.8, 4) is 11.5 Å². The molecule has 0 aliphatic rings. The Labute approximate surface area is 132 Å². The highest BCUT2D eigenvalue weighted by Gasteiger charge is 2.14. The van der Waals surface area contributed by atoms with Crippen LogP contribution in [0.4, 0.5) is 0 Å². The molecule has 0 saturated carbocycles. The zero-order valence-corrected chi connectivity index (χ0v) is 13.1. The van der Waals surface area contributed by atoms with Crippen LogP contribution in [0, 0.1) is 0 Å². The molecule has 0 saturated heterocycles. The lowest BCUT2D eigenvalue weighted by Gasteiger charge is -2.10. The van der Waals surface area contributed by atoms with Crippen LogP contribution in [0.5, 0.6) is 11.5 Å². The lowest BCUT2D eigenvalue weighted by Crippen LogP contribution is -2.20. The summed E-state index contributed by atoms with van der Waals surface area (Å²) < 4.78 is 7.17. The highest BCUT2D eigenvalue weighted by atomic mass is 32.1. The fraction of sp³-hybridized carbons (Fsp3) is 0.235. The van der Waals surface area contributed by atoms with Crippen molar-refractivity contribution in [2.45, 2.75) is 6.92 Å². The molecule has 0 bridgehead atoms. The molecule has 4 nitrogen and oxygen atoms in total. The van der Waals surface area contributed by atoms with E-state index in [1.54, 1.807) is 18.2 Å². The molecule has 1 heterocycles. The van der Waals surface area contributed by atoms with Crippen LogP contribution in [-0.4, -0.2) is 24.8 Å². The van der Waals surface area contributed by atoms with Crippen LogP contribution in [0.15, 0.2) is 41.2 Å². The van der Waals surface area contributed by atoms with E-state index < -0.39 is 0 Å². The maximum atomic E-state index is 12.7. The number of phenolic OH excluding ortho intramolecular Hbond substituents is 1. The van der Waals surface area contributed by atoms with Gasteiger partial charge >= 0.3 is 0 Å². The molecule has 0 spiro atoms. The van der Waals surface area contributed by atoms with Crippen molar-refractivity contribution in [1.29, 1.82) is 0 Å². The van der Waals surface area contributed by atoms with E-state index in [2.05, 4.69) is 5.32 Å². The summed E-state index contributed by atoms with van der Waals surface area (Å²) >= 11 is 1.40. The quantitative estimate of drug-likeness (QED) is 0.561. The average molecular weight is 315 g/mol. The normalized spacial score (nSPS) is 11.1. The van der Waals surface area contributed by atoms with Crippen LogP contribution in [0.1, 0.15) is 6.92 Å². The summed E-state index contributed by atoms with van der Waals surface area (Å²) in [6.45, 7) is 4.09. The molecule has 2 aromatic carbocycles. The zero-order valence-electron chi connectivity index (χ0n) is 12.3. The van der Waals surface area contributed by atoms with E-state index in [0.717, 1.165) is 11.2 Å². The summed E-state index contributed by atoms with van der Waals surface area (Å²) in [5.41, 5.74) is -0.0984. The predicted octanol–water partition coefficient (Wildman–Crippen LogP) is 3.11. The van der Waals surface area contributed by atoms with Crippen molar-refractivity contribution in [3.63, 3.8) is 0 Å². The predicted molar refractivity (Wildman–Crippen MR) is 91.3 cm³/mol. The molecule has 0 amide bonds. The molecule has 0 aliphatic heterocycles. The molecule has 3 aromatic rings. The molecular weight excluding hydrogens is 298 g/mol. The number of fused-ring (bicyclic) bond motifs is 2. The van der Waals surface area contributed by atoms with E-state index >= 15 is 0 Å². The lowest BCUT2D eigenvalue weighted by molar-refractivity contribution is 0.318. The number of nitrogens with one attached hydrogen (secondary N) is 1. The monoisotopic (exact) mass is 315 g/mol. The zero-order chi connectivity index (χ0) is 15.5. The van der Waals surface area contributed by atoms with Gasteiger partial charge in [0.2, 0.25) is 0 Å². The molecule has 0 radical (unpaired) electrons. The number of hydrogen-bond donors (Lipinski definition) is 2. The van der Waals surface area contributed by atoms with Gasteiger partial charge in [-0.05, 0) is 30.8 Å². The van der Waals surface area contributed by atoms with Crippen LogP contribution in [0.25, 0.3) is 20.2 Å². The molecule has 2 N–H and O–H groups in total. The van der Waals surface area contributed by atoms with Gasteiger partial charge in [-0.25, -0.2) is 0 Å². The third-order valence-electron chi connectivity index (χ3n) is 3.46. The highest BCUT2D eigenvalue weighted by molar-refractivity contribution is 7.24. The maximum Gasteiger partial charge on any atom is 0.199 e. The summed E-state index contributed by atoms with van der Waals surface area (Å²) in [6, 6.07) is 10.7. The van der Waals surface area contributed by atoms with Gasteiger partial charge in [0.1, 0.15) is 18.1 Å². The Balaban J connectivity index is 2.15. The second kappa shape index (κ2) is 6.34. The van der Waals surface area contributed by atoms with Crippen molar-refractivity contribution in [2.24, 2.45) is 0 Å². The number of phenols is 1. The lowest BCUT2D eigenvalue weighted by atomic mass is 10.1. The first-order valence-electron chi connectivity index (χ1n) is 7.23. The third kappa shape index (κ3) is 2.65. The average Bonchev–Trinajstić information content (AvgIpc) is 2.54. The summed E-state index contributed by atoms with van der Waals surface area (Å²) in [4.78, 5) is 12.7. The van der Waals surface area contributed by atoms with E-state index in [0.29, 0.717) is 34.4 Å². The van der Waals surface area contributed by atoms with E-state index in [9.17, 15) is 9.90 Å². The highest BCUT2D eigenvalue weighted by Crippen LogP contribution is 2.36. The van der Waals surface area contributed by atoms with Gasteiger partial charge < -0.3 is 15.2 Å². The molecule has 1 aromatic heterocycles. The van der Waals surface area contributed by atoms with Crippen molar-refractivity contribution < 1.29 is 9.84 Å². The number of benzene rings is 2. The molecule has 0 unspecified atom stereocenters. The number of rotatable bonds is 5. The van der Waals surface area contributed by atoms with Crippen molar-refractivity contribution >= 4 is 31.5 Å². The summed E-state index contributed by atoms with van der Waals surface area (Å²) in [7, 11) is 0. The van der Waals surface area contributed by atoms with Gasteiger partial charge in [0.25, 0.3) is 0 Å². The first-order valence-corrected chi connectivity index (χ1v) is 8.05. The van der Waals surface area contributed by atoms with E-state index in [1.807, 2.05) is 25.1 Å². The van der Waals surface area contributed by atoms with Crippen LogP contribution in [0.3, 0.4) is 0 Å². The van der Waals surface area contributed by atoms with Gasteiger partial charge in [-0.2, -0.15) is 0 Å². The van der Waals surface area contributed by atoms with Crippen LogP contribution in [-0.2, 0) is 0 Å². The van der Waals surface area contributed by atoms with E-state index in [-0.39, 0.29) is 11.2 Å². The Morgan fingerprint density at radius 1 is 1.23 bits per heavy atom. The van der Waals surface area contributed by atoms with Crippen LogP contribution >= 0.6 is 11.3 Å². The van der Waals surface area contributed by atoms with Gasteiger partial charge in [-0.1, -0.05) is 19.1 Å². The Hall–Kier alpha value is -2.11. The summed E-state index contributed by atoms with van der Waals surface area (Å²) in [5.74, 6) is 0.639. The second-order valence-electron chi connectivity index (χ2n) is 4.92. The Bertz CT molecular complexity index is 873. The van der Waals surface area contributed by atoms with Crippen molar-refractivity contribution in [1.82, 2.24) is 5.32 Å². The Kier molecular flexibility index (Phi) is 4.27. The molecule has 0 atom stereocenters. The second-order valence-corrected chi connectivity index (χ2v) is 5.97. The minimum Gasteiger partial charge on any atom is -0.506 e. The van der Waals surface area contributed by atoms with Crippen LogP contribution in [0.2, 0.25) is 0 Å². The van der Waals surface area contributed by atoms with Gasteiger partial charge in [-0.15, -0.1) is 11.3 Å². The fourth-order valence-corrected chi connectivity index (χ4v) is 3.50. The number of hydrogen-bond acceptors (Lipinski definition) is 5. The first-order chi connectivity index (χ1) is 10.7. The van der Waals surface area contributed by atoms with Gasteiger partial charge in [-0.3, -0.25) is 4.79 Å². The van der Waals surface area contributed by atoms with Gasteiger partial charge in [0.05, 0.1) is 10.1 Å². The number of likely N-dealkylation sites (N-methyl/N-ethyl adjacent to an activating group) is 1. The summed E-state index contributed by atoms with van der Waals surface area (Å²) in [6.07, 6.45) is 0. The molecular formula is C17H17NO3S. The van der Waals surface area contributed by atoms with E-state index in [4.69, 9.17) is 4.74 Å². The minimum absolute atomic E-state index is 0.0984. The maximum absolute atomic E-state index is 12.7. The molecule has 22 heavy (non-hydrogen) atoms. The third-order valence-corrected chi connectivity index (χ3v) is 4.65. The molecule has 114 valence electrons. The van der Waals surface area contributed by atoms with Gasteiger partial charge in [0, 0.05) is 16.6 Å². The number of aromatic hydroxyl groups is 1. The smallest absolute Gasteiger partial charge is 0.199 e. The number of ether oxygens (including phenoxy) is 1.